The van der Waals surface area contributed by atoms with E-state index in [1.807, 2.05) is 61.5 Å². The van der Waals surface area contributed by atoms with E-state index in [-0.39, 0.29) is 5.91 Å². The standard InChI is InChI=1S/C19H16INO2S2/c1-2-21-18(22)17(25-19(21)24)11-14-8-9-16(15(20)10-14)23-12-13-6-4-3-5-7-13/h3-11H,2,12H2,1H3. The fourth-order valence-electron chi connectivity index (χ4n) is 2.38. The van der Waals surface area contributed by atoms with Gasteiger partial charge in [0, 0.05) is 6.54 Å². The molecule has 1 saturated heterocycles. The minimum Gasteiger partial charge on any atom is -0.488 e. The number of hydrogen-bond acceptors (Lipinski definition) is 4. The molecule has 0 aromatic heterocycles. The van der Waals surface area contributed by atoms with Crippen molar-refractivity contribution in [3.05, 3.63) is 68.1 Å². The molecule has 1 fully saturated rings. The van der Waals surface area contributed by atoms with Crippen LogP contribution in [0.5, 0.6) is 5.75 Å². The van der Waals surface area contributed by atoms with Crippen molar-refractivity contribution in [2.24, 2.45) is 0 Å². The molecule has 0 atom stereocenters. The Hall–Kier alpha value is -1.38. The zero-order valence-electron chi connectivity index (χ0n) is 13.6. The second-order valence-electron chi connectivity index (χ2n) is 5.39. The van der Waals surface area contributed by atoms with Crippen molar-refractivity contribution in [2.75, 3.05) is 6.54 Å². The highest BCUT2D eigenvalue weighted by molar-refractivity contribution is 14.1. The van der Waals surface area contributed by atoms with Crippen LogP contribution < -0.4 is 4.74 Å². The minimum absolute atomic E-state index is 0.0167. The Bertz CT molecular complexity index is 837. The number of halogens is 1. The molecule has 0 saturated carbocycles. The SMILES string of the molecule is CCN1C(=O)C(=Cc2ccc(OCc3ccccc3)c(I)c2)SC1=S. The predicted octanol–water partition coefficient (Wildman–Crippen LogP) is 5.09. The number of thioether (sulfide) groups is 1. The van der Waals surface area contributed by atoms with Crippen LogP contribution in [0.4, 0.5) is 0 Å². The van der Waals surface area contributed by atoms with Gasteiger partial charge in [-0.2, -0.15) is 0 Å². The number of thiocarbonyl (C=S) groups is 1. The maximum Gasteiger partial charge on any atom is 0.266 e. The van der Waals surface area contributed by atoms with E-state index in [1.165, 1.54) is 11.8 Å². The number of amides is 1. The molecule has 1 aliphatic rings. The third kappa shape index (κ3) is 4.43. The second kappa shape index (κ2) is 8.33. The van der Waals surface area contributed by atoms with Gasteiger partial charge in [0.05, 0.1) is 8.48 Å². The van der Waals surface area contributed by atoms with Crippen molar-refractivity contribution in [1.82, 2.24) is 4.90 Å². The molecule has 0 aliphatic carbocycles. The van der Waals surface area contributed by atoms with E-state index in [0.717, 1.165) is 20.4 Å². The van der Waals surface area contributed by atoms with Gasteiger partial charge in [-0.25, -0.2) is 0 Å². The van der Waals surface area contributed by atoms with Crippen LogP contribution in [0.3, 0.4) is 0 Å². The zero-order valence-corrected chi connectivity index (χ0v) is 17.4. The summed E-state index contributed by atoms with van der Waals surface area (Å²) in [6.45, 7) is 3.06. The Labute approximate surface area is 170 Å². The monoisotopic (exact) mass is 481 g/mol. The molecular formula is C19H16INO2S2. The van der Waals surface area contributed by atoms with E-state index in [2.05, 4.69) is 22.6 Å². The van der Waals surface area contributed by atoms with Crippen molar-refractivity contribution in [1.29, 1.82) is 0 Å². The lowest BCUT2D eigenvalue weighted by molar-refractivity contribution is -0.121. The van der Waals surface area contributed by atoms with Crippen LogP contribution in [0.1, 0.15) is 18.1 Å². The quantitative estimate of drug-likeness (QED) is 0.338. The number of carbonyl (C=O) groups excluding carboxylic acids is 1. The molecule has 1 heterocycles. The first-order chi connectivity index (χ1) is 12.1. The van der Waals surface area contributed by atoms with Gasteiger partial charge in [-0.3, -0.25) is 9.69 Å². The van der Waals surface area contributed by atoms with Crippen LogP contribution in [-0.4, -0.2) is 21.7 Å². The fraction of sp³-hybridized carbons (Fsp3) is 0.158. The molecule has 2 aromatic rings. The molecule has 3 nitrogen and oxygen atoms in total. The third-order valence-corrected chi connectivity index (χ3v) is 5.90. The average molecular weight is 481 g/mol. The Morgan fingerprint density at radius 2 is 2.00 bits per heavy atom. The summed E-state index contributed by atoms with van der Waals surface area (Å²) in [5.74, 6) is 0.819. The van der Waals surface area contributed by atoms with Gasteiger partial charge in [0.15, 0.2) is 0 Å². The molecule has 0 N–H and O–H groups in total. The highest BCUT2D eigenvalue weighted by Gasteiger charge is 2.30. The van der Waals surface area contributed by atoms with Gasteiger partial charge in [0.25, 0.3) is 5.91 Å². The van der Waals surface area contributed by atoms with Crippen LogP contribution >= 0.6 is 46.6 Å². The summed E-state index contributed by atoms with van der Waals surface area (Å²) in [5.41, 5.74) is 2.10. The molecule has 3 rings (SSSR count). The third-order valence-electron chi connectivity index (χ3n) is 3.68. The summed E-state index contributed by atoms with van der Waals surface area (Å²) in [7, 11) is 0. The largest absolute Gasteiger partial charge is 0.488 e. The molecule has 25 heavy (non-hydrogen) atoms. The Morgan fingerprint density at radius 1 is 1.24 bits per heavy atom. The molecule has 0 spiro atoms. The first-order valence-electron chi connectivity index (χ1n) is 7.80. The van der Waals surface area contributed by atoms with Gasteiger partial charge in [-0.15, -0.1) is 0 Å². The first-order valence-corrected chi connectivity index (χ1v) is 10.1. The van der Waals surface area contributed by atoms with Gasteiger partial charge in [0.2, 0.25) is 0 Å². The van der Waals surface area contributed by atoms with E-state index in [4.69, 9.17) is 17.0 Å². The molecule has 0 unspecified atom stereocenters. The smallest absolute Gasteiger partial charge is 0.266 e. The van der Waals surface area contributed by atoms with Crippen LogP contribution in [0, 0.1) is 3.57 Å². The lowest BCUT2D eigenvalue weighted by atomic mass is 10.2. The van der Waals surface area contributed by atoms with E-state index < -0.39 is 0 Å². The highest BCUT2D eigenvalue weighted by Crippen LogP contribution is 2.33. The molecule has 2 aromatic carbocycles. The van der Waals surface area contributed by atoms with Gasteiger partial charge in [0.1, 0.15) is 16.7 Å². The van der Waals surface area contributed by atoms with Crippen LogP contribution in [0.15, 0.2) is 53.4 Å². The van der Waals surface area contributed by atoms with Crippen LogP contribution in [-0.2, 0) is 11.4 Å². The van der Waals surface area contributed by atoms with Crippen molar-refractivity contribution < 1.29 is 9.53 Å². The van der Waals surface area contributed by atoms with Crippen LogP contribution in [0.2, 0.25) is 0 Å². The highest BCUT2D eigenvalue weighted by atomic mass is 127. The summed E-state index contributed by atoms with van der Waals surface area (Å²) >= 11 is 8.85. The normalized spacial score (nSPS) is 15.9. The van der Waals surface area contributed by atoms with Crippen molar-refractivity contribution in [3.63, 3.8) is 0 Å². The van der Waals surface area contributed by atoms with Gasteiger partial charge in [-0.05, 0) is 58.9 Å². The average Bonchev–Trinajstić information content (AvgIpc) is 2.88. The number of hydrogen-bond donors (Lipinski definition) is 0. The number of nitrogens with zero attached hydrogens (tertiary/aromatic N) is 1. The number of benzene rings is 2. The zero-order chi connectivity index (χ0) is 17.8. The maximum atomic E-state index is 12.3. The summed E-state index contributed by atoms with van der Waals surface area (Å²) < 4.78 is 7.52. The molecule has 0 radical (unpaired) electrons. The van der Waals surface area contributed by atoms with E-state index in [0.29, 0.717) is 22.4 Å². The lowest BCUT2D eigenvalue weighted by Gasteiger charge is -2.10. The van der Waals surface area contributed by atoms with Crippen molar-refractivity contribution >= 4 is 62.9 Å². The Morgan fingerprint density at radius 3 is 2.64 bits per heavy atom. The molecule has 0 bridgehead atoms. The predicted molar refractivity (Wildman–Crippen MR) is 115 cm³/mol. The topological polar surface area (TPSA) is 29.5 Å². The van der Waals surface area contributed by atoms with E-state index in [1.54, 1.807) is 4.90 Å². The van der Waals surface area contributed by atoms with Gasteiger partial charge >= 0.3 is 0 Å². The van der Waals surface area contributed by atoms with Gasteiger partial charge in [-0.1, -0.05) is 60.4 Å². The Balaban J connectivity index is 1.73. The summed E-state index contributed by atoms with van der Waals surface area (Å²) in [6, 6.07) is 16.0. The Kier molecular flexibility index (Phi) is 6.14. The molecule has 1 aliphatic heterocycles. The first kappa shape index (κ1) is 18.4. The van der Waals surface area contributed by atoms with Crippen molar-refractivity contribution in [3.8, 4) is 5.75 Å². The second-order valence-corrected chi connectivity index (χ2v) is 8.23. The van der Waals surface area contributed by atoms with Crippen LogP contribution in [0.25, 0.3) is 6.08 Å². The fourth-order valence-corrected chi connectivity index (χ4v) is 4.46. The number of rotatable bonds is 5. The minimum atomic E-state index is -0.0167. The molecule has 128 valence electrons. The summed E-state index contributed by atoms with van der Waals surface area (Å²) in [6.07, 6.45) is 1.89. The van der Waals surface area contributed by atoms with E-state index >= 15 is 0 Å². The summed E-state index contributed by atoms with van der Waals surface area (Å²) in [4.78, 5) is 14.6. The molecule has 6 heteroatoms. The van der Waals surface area contributed by atoms with Crippen molar-refractivity contribution in [2.45, 2.75) is 13.5 Å². The number of carbonyl (C=O) groups is 1. The molecular weight excluding hydrogens is 465 g/mol. The summed E-state index contributed by atoms with van der Waals surface area (Å²) in [5, 5.41) is 0. The number of ether oxygens (including phenoxy) is 1. The lowest BCUT2D eigenvalue weighted by Crippen LogP contribution is -2.27. The number of likely N-dealkylation sites (N-methyl/N-ethyl adjacent to an activating group) is 1. The van der Waals surface area contributed by atoms with Gasteiger partial charge < -0.3 is 4.74 Å². The maximum absolute atomic E-state index is 12.3. The molecule has 1 amide bonds. The van der Waals surface area contributed by atoms with E-state index in [9.17, 15) is 4.79 Å².